The third kappa shape index (κ3) is 4.78. The Hall–Kier alpha value is -2.60. The molecule has 2 aromatic rings. The van der Waals surface area contributed by atoms with Crippen molar-refractivity contribution in [3.63, 3.8) is 0 Å². The van der Waals surface area contributed by atoms with Crippen LogP contribution in [0.25, 0.3) is 0 Å². The molecule has 6 nitrogen and oxygen atoms in total. The number of methoxy groups -OCH3 is 1. The van der Waals surface area contributed by atoms with Gasteiger partial charge in [-0.2, -0.15) is 0 Å². The molecule has 0 N–H and O–H groups in total. The van der Waals surface area contributed by atoms with Crippen LogP contribution in [0.2, 0.25) is 0 Å². The van der Waals surface area contributed by atoms with Gasteiger partial charge in [0, 0.05) is 43.5 Å². The minimum absolute atomic E-state index is 0.138. The van der Waals surface area contributed by atoms with Gasteiger partial charge in [-0.1, -0.05) is 12.5 Å². The number of benzene rings is 1. The highest BCUT2D eigenvalue weighted by atomic mass is 16.5. The lowest BCUT2D eigenvalue weighted by molar-refractivity contribution is 0.0600. The first-order chi connectivity index (χ1) is 16.6. The number of aromatic nitrogens is 1. The Morgan fingerprint density at radius 2 is 1.71 bits per heavy atom. The zero-order valence-electron chi connectivity index (χ0n) is 20.4. The number of piperidine rings is 1. The summed E-state index contributed by atoms with van der Waals surface area (Å²) in [4.78, 5) is 26.8. The van der Waals surface area contributed by atoms with Gasteiger partial charge in [0.15, 0.2) is 0 Å². The standard InChI is InChI=1S/C28H36N2O4/c1-3-34-26-17-25(19-5-4-6-19)24(20-7-8-20)15-22(26)18-29-12-10-23(11-13-29)30-14-9-21(16-27(30)31)28(32)33-2/h9,14-17,19-20,23H,3-8,10-13,18H2,1-2H3. The van der Waals surface area contributed by atoms with Gasteiger partial charge in [-0.3, -0.25) is 9.69 Å². The van der Waals surface area contributed by atoms with E-state index < -0.39 is 5.97 Å². The molecule has 6 heteroatoms. The number of carbonyl (C=O) groups is 1. The Bertz CT molecular complexity index is 1090. The van der Waals surface area contributed by atoms with Gasteiger partial charge in [-0.05, 0) is 80.5 Å². The van der Waals surface area contributed by atoms with Crippen molar-refractivity contribution >= 4 is 5.97 Å². The number of nitrogens with zero attached hydrogens (tertiary/aromatic N) is 2. The van der Waals surface area contributed by atoms with Crippen LogP contribution in [0.1, 0.15) is 96.8 Å². The molecule has 0 spiro atoms. The molecule has 34 heavy (non-hydrogen) atoms. The highest BCUT2D eigenvalue weighted by Gasteiger charge is 2.32. The SMILES string of the molecule is CCOc1cc(C2CCC2)c(C2CC2)cc1CN1CCC(n2ccc(C(=O)OC)cc2=O)CC1. The molecule has 1 aromatic heterocycles. The summed E-state index contributed by atoms with van der Waals surface area (Å²) in [5.74, 6) is 2.06. The molecule has 0 bridgehead atoms. The zero-order valence-corrected chi connectivity index (χ0v) is 20.4. The minimum atomic E-state index is -0.474. The Morgan fingerprint density at radius 1 is 1.00 bits per heavy atom. The Morgan fingerprint density at radius 3 is 2.29 bits per heavy atom. The van der Waals surface area contributed by atoms with Crippen LogP contribution in [0, 0.1) is 0 Å². The normalized spacial score (nSPS) is 19.6. The molecule has 5 rings (SSSR count). The zero-order chi connectivity index (χ0) is 23.7. The fourth-order valence-corrected chi connectivity index (χ4v) is 5.53. The van der Waals surface area contributed by atoms with Crippen molar-refractivity contribution in [2.75, 3.05) is 26.8 Å². The van der Waals surface area contributed by atoms with Crippen LogP contribution >= 0.6 is 0 Å². The number of hydrogen-bond acceptors (Lipinski definition) is 5. The van der Waals surface area contributed by atoms with Crippen molar-refractivity contribution in [1.82, 2.24) is 9.47 Å². The summed E-state index contributed by atoms with van der Waals surface area (Å²) >= 11 is 0. The number of likely N-dealkylation sites (tertiary alicyclic amines) is 1. The van der Waals surface area contributed by atoms with E-state index in [2.05, 4.69) is 24.0 Å². The highest BCUT2D eigenvalue weighted by Crippen LogP contribution is 2.49. The average Bonchev–Trinajstić information content (AvgIpc) is 3.65. The first-order valence-electron chi connectivity index (χ1n) is 12.9. The van der Waals surface area contributed by atoms with E-state index in [1.54, 1.807) is 28.0 Å². The van der Waals surface area contributed by atoms with Gasteiger partial charge >= 0.3 is 5.97 Å². The summed E-state index contributed by atoms with van der Waals surface area (Å²) < 4.78 is 12.6. The second-order valence-corrected chi connectivity index (χ2v) is 10.1. The van der Waals surface area contributed by atoms with Gasteiger partial charge in [0.05, 0.1) is 19.3 Å². The molecule has 1 aliphatic heterocycles. The van der Waals surface area contributed by atoms with Gasteiger partial charge in [0.1, 0.15) is 5.75 Å². The van der Waals surface area contributed by atoms with E-state index in [1.807, 2.05) is 0 Å². The van der Waals surface area contributed by atoms with Crippen molar-refractivity contribution in [3.8, 4) is 5.75 Å². The van der Waals surface area contributed by atoms with Crippen LogP contribution in [0.3, 0.4) is 0 Å². The summed E-state index contributed by atoms with van der Waals surface area (Å²) in [5, 5.41) is 0. The number of rotatable bonds is 8. The molecule has 0 unspecified atom stereocenters. The fraction of sp³-hybridized carbons (Fsp3) is 0.571. The highest BCUT2D eigenvalue weighted by molar-refractivity contribution is 5.88. The monoisotopic (exact) mass is 464 g/mol. The minimum Gasteiger partial charge on any atom is -0.494 e. The van der Waals surface area contributed by atoms with Crippen LogP contribution in [0.4, 0.5) is 0 Å². The quantitative estimate of drug-likeness (QED) is 0.514. The van der Waals surface area contributed by atoms with Gasteiger partial charge in [-0.25, -0.2) is 4.79 Å². The Balaban J connectivity index is 1.28. The molecule has 1 aromatic carbocycles. The molecule has 1 saturated heterocycles. The van der Waals surface area contributed by atoms with E-state index >= 15 is 0 Å². The molecule has 0 amide bonds. The molecule has 2 aliphatic carbocycles. The predicted octanol–water partition coefficient (Wildman–Crippen LogP) is 5.02. The van der Waals surface area contributed by atoms with Crippen molar-refractivity contribution in [1.29, 1.82) is 0 Å². The van der Waals surface area contributed by atoms with Gasteiger partial charge in [0.2, 0.25) is 0 Å². The largest absolute Gasteiger partial charge is 0.494 e. The molecule has 3 aliphatic rings. The van der Waals surface area contributed by atoms with E-state index in [9.17, 15) is 9.59 Å². The molecule has 2 saturated carbocycles. The van der Waals surface area contributed by atoms with E-state index in [0.29, 0.717) is 12.2 Å². The Labute approximate surface area is 201 Å². The fourth-order valence-electron chi connectivity index (χ4n) is 5.53. The summed E-state index contributed by atoms with van der Waals surface area (Å²) in [5.41, 5.74) is 4.61. The lowest BCUT2D eigenvalue weighted by Gasteiger charge is -2.34. The van der Waals surface area contributed by atoms with E-state index in [1.165, 1.54) is 50.8 Å². The van der Waals surface area contributed by atoms with E-state index in [0.717, 1.165) is 50.1 Å². The summed E-state index contributed by atoms with van der Waals surface area (Å²) in [7, 11) is 1.33. The van der Waals surface area contributed by atoms with E-state index in [-0.39, 0.29) is 11.6 Å². The topological polar surface area (TPSA) is 60.8 Å². The third-order valence-electron chi connectivity index (χ3n) is 7.84. The van der Waals surface area contributed by atoms with Crippen molar-refractivity contribution in [2.24, 2.45) is 0 Å². The first-order valence-corrected chi connectivity index (χ1v) is 12.9. The third-order valence-corrected chi connectivity index (χ3v) is 7.84. The van der Waals surface area contributed by atoms with Crippen molar-refractivity contribution in [3.05, 3.63) is 63.1 Å². The van der Waals surface area contributed by atoms with Crippen LogP contribution in [-0.4, -0.2) is 42.2 Å². The van der Waals surface area contributed by atoms with Crippen LogP contribution in [0.15, 0.2) is 35.3 Å². The number of pyridine rings is 1. The smallest absolute Gasteiger partial charge is 0.338 e. The maximum atomic E-state index is 12.6. The number of carbonyl (C=O) groups excluding carboxylic acids is 1. The summed E-state index contributed by atoms with van der Waals surface area (Å²) in [6.07, 6.45) is 10.2. The van der Waals surface area contributed by atoms with Crippen LogP contribution < -0.4 is 10.3 Å². The average molecular weight is 465 g/mol. The molecule has 182 valence electrons. The summed E-state index contributed by atoms with van der Waals surface area (Å²) in [6.45, 7) is 5.51. The van der Waals surface area contributed by atoms with Crippen molar-refractivity contribution in [2.45, 2.75) is 76.3 Å². The second kappa shape index (κ2) is 9.95. The molecular weight excluding hydrogens is 428 g/mol. The van der Waals surface area contributed by atoms with Crippen LogP contribution in [0.5, 0.6) is 5.75 Å². The van der Waals surface area contributed by atoms with Gasteiger partial charge in [0.25, 0.3) is 5.56 Å². The maximum Gasteiger partial charge on any atom is 0.338 e. The lowest BCUT2D eigenvalue weighted by Crippen LogP contribution is -2.37. The number of hydrogen-bond donors (Lipinski definition) is 0. The molecule has 0 radical (unpaired) electrons. The van der Waals surface area contributed by atoms with E-state index in [4.69, 9.17) is 9.47 Å². The summed E-state index contributed by atoms with van der Waals surface area (Å²) in [6, 6.07) is 8.04. The maximum absolute atomic E-state index is 12.6. The molecular formula is C28H36N2O4. The number of esters is 1. The van der Waals surface area contributed by atoms with Crippen molar-refractivity contribution < 1.29 is 14.3 Å². The Kier molecular flexibility index (Phi) is 6.77. The van der Waals surface area contributed by atoms with Crippen LogP contribution in [-0.2, 0) is 11.3 Å². The number of ether oxygens (including phenoxy) is 2. The molecule has 3 fully saturated rings. The van der Waals surface area contributed by atoms with Gasteiger partial charge < -0.3 is 14.0 Å². The first kappa shape index (κ1) is 23.2. The lowest BCUT2D eigenvalue weighted by atomic mass is 9.77. The second-order valence-electron chi connectivity index (χ2n) is 10.1. The van der Waals surface area contributed by atoms with Gasteiger partial charge in [-0.15, -0.1) is 0 Å². The molecule has 2 heterocycles. The predicted molar refractivity (Wildman–Crippen MR) is 132 cm³/mol. The molecule has 0 atom stereocenters.